The number of rotatable bonds is 9. The van der Waals surface area contributed by atoms with E-state index < -0.39 is 0 Å². The molecule has 0 aliphatic carbocycles. The summed E-state index contributed by atoms with van der Waals surface area (Å²) in [7, 11) is 1.61. The van der Waals surface area contributed by atoms with Crippen LogP contribution in [0.3, 0.4) is 0 Å². The van der Waals surface area contributed by atoms with Crippen LogP contribution in [0.15, 0.2) is 0 Å². The molecule has 1 atom stereocenters. The third-order valence-corrected chi connectivity index (χ3v) is 2.54. The fraction of sp³-hybridized carbons (Fsp3) is 0.818. The van der Waals surface area contributed by atoms with Crippen LogP contribution in [-0.4, -0.2) is 43.7 Å². The van der Waals surface area contributed by atoms with Gasteiger partial charge in [-0.3, -0.25) is 15.1 Å². The Balaban J connectivity index is 4.54. The maximum absolute atomic E-state index is 11.7. The predicted molar refractivity (Wildman–Crippen MR) is 64.7 cm³/mol. The Morgan fingerprint density at radius 3 is 2.76 bits per heavy atom. The highest BCUT2D eigenvalue weighted by atomic mass is 16.5. The highest BCUT2D eigenvalue weighted by molar-refractivity contribution is 5.81. The van der Waals surface area contributed by atoms with Crippen LogP contribution in [0.5, 0.6) is 0 Å². The van der Waals surface area contributed by atoms with Crippen molar-refractivity contribution >= 4 is 5.91 Å². The second-order valence-electron chi connectivity index (χ2n) is 3.75. The van der Waals surface area contributed by atoms with Gasteiger partial charge in [-0.15, -0.1) is 0 Å². The molecule has 0 saturated carbocycles. The van der Waals surface area contributed by atoms with Crippen molar-refractivity contribution in [1.82, 2.24) is 10.3 Å². The van der Waals surface area contributed by atoms with Crippen LogP contribution in [-0.2, 0) is 9.53 Å². The van der Waals surface area contributed by atoms with Crippen molar-refractivity contribution in [3.05, 3.63) is 0 Å². The molecule has 0 radical (unpaired) electrons. The van der Waals surface area contributed by atoms with E-state index in [0.29, 0.717) is 26.1 Å². The number of hydrazine groups is 1. The van der Waals surface area contributed by atoms with Gasteiger partial charge in [0.1, 0.15) is 0 Å². The summed E-state index contributed by atoms with van der Waals surface area (Å²) in [6.45, 7) is 3.72. The first-order chi connectivity index (χ1) is 8.21. The van der Waals surface area contributed by atoms with Crippen molar-refractivity contribution in [3.8, 4) is 6.07 Å². The molecule has 0 aromatic rings. The zero-order valence-corrected chi connectivity index (χ0v) is 10.6. The molecule has 3 N–H and O–H groups in total. The van der Waals surface area contributed by atoms with E-state index in [-0.39, 0.29) is 11.9 Å². The SMILES string of the molecule is CCCC(C(=O)NN)N(CCC#N)CCOC. The first kappa shape index (κ1) is 15.8. The van der Waals surface area contributed by atoms with Crippen LogP contribution >= 0.6 is 0 Å². The Labute approximate surface area is 103 Å². The lowest BCUT2D eigenvalue weighted by atomic mass is 10.1. The summed E-state index contributed by atoms with van der Waals surface area (Å²) in [5, 5.41) is 8.61. The van der Waals surface area contributed by atoms with Crippen LogP contribution in [0.25, 0.3) is 0 Å². The molecule has 1 unspecified atom stereocenters. The molecule has 0 aliphatic heterocycles. The van der Waals surface area contributed by atoms with E-state index in [1.807, 2.05) is 11.8 Å². The van der Waals surface area contributed by atoms with E-state index in [0.717, 1.165) is 12.8 Å². The number of carbonyl (C=O) groups excluding carboxylic acids is 1. The Morgan fingerprint density at radius 1 is 1.59 bits per heavy atom. The van der Waals surface area contributed by atoms with Crippen LogP contribution in [0, 0.1) is 11.3 Å². The number of hydrogen-bond acceptors (Lipinski definition) is 5. The van der Waals surface area contributed by atoms with E-state index in [9.17, 15) is 4.79 Å². The molecular weight excluding hydrogens is 220 g/mol. The molecule has 17 heavy (non-hydrogen) atoms. The Morgan fingerprint density at radius 2 is 2.29 bits per heavy atom. The largest absolute Gasteiger partial charge is 0.383 e. The van der Waals surface area contributed by atoms with Crippen molar-refractivity contribution in [2.45, 2.75) is 32.2 Å². The zero-order chi connectivity index (χ0) is 13.1. The summed E-state index contributed by atoms with van der Waals surface area (Å²) in [6, 6.07) is 1.80. The molecule has 0 saturated heterocycles. The number of methoxy groups -OCH3 is 1. The van der Waals surface area contributed by atoms with E-state index >= 15 is 0 Å². The Bertz CT molecular complexity index is 252. The molecule has 0 rings (SSSR count). The normalized spacial score (nSPS) is 12.2. The van der Waals surface area contributed by atoms with Crippen LogP contribution in [0.4, 0.5) is 0 Å². The standard InChI is InChI=1S/C11H22N4O2/c1-3-5-10(11(16)14-13)15(7-4-6-12)8-9-17-2/h10H,3-5,7-9,13H2,1-2H3,(H,14,16). The molecule has 0 bridgehead atoms. The first-order valence-electron chi connectivity index (χ1n) is 5.81. The number of nitriles is 1. The van der Waals surface area contributed by atoms with E-state index in [1.54, 1.807) is 7.11 Å². The van der Waals surface area contributed by atoms with Crippen molar-refractivity contribution < 1.29 is 9.53 Å². The van der Waals surface area contributed by atoms with Gasteiger partial charge < -0.3 is 4.74 Å². The van der Waals surface area contributed by atoms with Crippen molar-refractivity contribution in [3.63, 3.8) is 0 Å². The minimum Gasteiger partial charge on any atom is -0.383 e. The molecule has 0 aromatic heterocycles. The lowest BCUT2D eigenvalue weighted by Crippen LogP contribution is -2.50. The number of nitrogens with two attached hydrogens (primary N) is 1. The fourth-order valence-corrected chi connectivity index (χ4v) is 1.67. The Kier molecular flexibility index (Phi) is 9.34. The smallest absolute Gasteiger partial charge is 0.251 e. The monoisotopic (exact) mass is 242 g/mol. The number of ether oxygens (including phenoxy) is 1. The topological polar surface area (TPSA) is 91.4 Å². The van der Waals surface area contributed by atoms with Gasteiger partial charge in [-0.2, -0.15) is 5.26 Å². The third-order valence-electron chi connectivity index (χ3n) is 2.54. The third kappa shape index (κ3) is 6.22. The average molecular weight is 242 g/mol. The van der Waals surface area contributed by atoms with Gasteiger partial charge in [-0.05, 0) is 6.42 Å². The molecule has 98 valence electrons. The second kappa shape index (κ2) is 10.0. The van der Waals surface area contributed by atoms with Crippen LogP contribution in [0.2, 0.25) is 0 Å². The lowest BCUT2D eigenvalue weighted by Gasteiger charge is -2.29. The van der Waals surface area contributed by atoms with Gasteiger partial charge in [-0.25, -0.2) is 5.84 Å². The number of nitrogens with one attached hydrogen (secondary N) is 1. The Hall–Kier alpha value is -1.16. The highest BCUT2D eigenvalue weighted by Crippen LogP contribution is 2.08. The summed E-state index contributed by atoms with van der Waals surface area (Å²) >= 11 is 0. The molecule has 0 aliphatic rings. The summed E-state index contributed by atoms with van der Waals surface area (Å²) in [5.74, 6) is 4.97. The van der Waals surface area contributed by atoms with Crippen LogP contribution in [0.1, 0.15) is 26.2 Å². The lowest BCUT2D eigenvalue weighted by molar-refractivity contribution is -0.127. The van der Waals surface area contributed by atoms with Crippen LogP contribution < -0.4 is 11.3 Å². The highest BCUT2D eigenvalue weighted by Gasteiger charge is 2.23. The summed E-state index contributed by atoms with van der Waals surface area (Å²) in [6.07, 6.45) is 1.99. The zero-order valence-electron chi connectivity index (χ0n) is 10.6. The molecule has 6 heteroatoms. The number of nitrogens with zero attached hydrogens (tertiary/aromatic N) is 2. The number of hydrogen-bond donors (Lipinski definition) is 2. The van der Waals surface area contributed by atoms with Gasteiger partial charge in [-0.1, -0.05) is 13.3 Å². The molecule has 1 amide bonds. The molecule has 0 aromatic carbocycles. The fourth-order valence-electron chi connectivity index (χ4n) is 1.67. The van der Waals surface area contributed by atoms with Gasteiger partial charge >= 0.3 is 0 Å². The minimum absolute atomic E-state index is 0.208. The van der Waals surface area contributed by atoms with E-state index in [4.69, 9.17) is 15.8 Å². The summed E-state index contributed by atoms with van der Waals surface area (Å²) in [5.41, 5.74) is 2.18. The maximum Gasteiger partial charge on any atom is 0.251 e. The quantitative estimate of drug-likeness (QED) is 0.337. The summed E-state index contributed by atoms with van der Waals surface area (Å²) < 4.78 is 5.01. The molecule has 0 spiro atoms. The minimum atomic E-state index is -0.284. The van der Waals surface area contributed by atoms with Gasteiger partial charge in [0.25, 0.3) is 5.91 Å². The van der Waals surface area contributed by atoms with Crippen molar-refractivity contribution in [1.29, 1.82) is 5.26 Å². The van der Waals surface area contributed by atoms with Gasteiger partial charge in [0.05, 0.1) is 18.7 Å². The molecule has 0 heterocycles. The molecular formula is C11H22N4O2. The van der Waals surface area contributed by atoms with Crippen molar-refractivity contribution in [2.24, 2.45) is 5.84 Å². The number of carbonyl (C=O) groups is 1. The van der Waals surface area contributed by atoms with Gasteiger partial charge in [0.15, 0.2) is 0 Å². The van der Waals surface area contributed by atoms with Gasteiger partial charge in [0.2, 0.25) is 0 Å². The van der Waals surface area contributed by atoms with Gasteiger partial charge in [0, 0.05) is 26.6 Å². The number of amides is 1. The van der Waals surface area contributed by atoms with E-state index in [1.165, 1.54) is 0 Å². The maximum atomic E-state index is 11.7. The first-order valence-corrected chi connectivity index (χ1v) is 5.81. The van der Waals surface area contributed by atoms with Crippen molar-refractivity contribution in [2.75, 3.05) is 26.8 Å². The molecule has 0 fully saturated rings. The molecule has 6 nitrogen and oxygen atoms in total. The van der Waals surface area contributed by atoms with E-state index in [2.05, 4.69) is 11.5 Å². The predicted octanol–water partition coefficient (Wildman–Crippen LogP) is 0.00708. The average Bonchev–Trinajstić information content (AvgIpc) is 2.36. The second-order valence-corrected chi connectivity index (χ2v) is 3.75. The summed E-state index contributed by atoms with van der Waals surface area (Å²) in [4.78, 5) is 13.6.